The van der Waals surface area contributed by atoms with Crippen LogP contribution in [-0.2, 0) is 14.6 Å². The number of benzene rings is 1. The molecule has 0 saturated heterocycles. The average molecular weight is 308 g/mol. The van der Waals surface area contributed by atoms with Crippen LogP contribution in [0.25, 0.3) is 0 Å². The zero-order valence-corrected chi connectivity index (χ0v) is 11.9. The standard InChI is InChI=1S/C13H12N2O5S/c1-8(21(18,19)5-4-14)13(17)9-2-3-11-10(6-9)15-12(16)7-20-11/h2-3,6,8H,5,7H2,1H3,(H,15,16). The summed E-state index contributed by atoms with van der Waals surface area (Å²) in [6.07, 6.45) is 0. The summed E-state index contributed by atoms with van der Waals surface area (Å²) in [4.78, 5) is 23.4. The Morgan fingerprint density at radius 1 is 1.52 bits per heavy atom. The van der Waals surface area contributed by atoms with E-state index in [2.05, 4.69) is 5.32 Å². The molecule has 0 spiro atoms. The molecule has 1 aromatic carbocycles. The molecule has 1 aliphatic rings. The zero-order chi connectivity index (χ0) is 15.6. The lowest BCUT2D eigenvalue weighted by Gasteiger charge is -2.19. The fraction of sp³-hybridized carbons (Fsp3) is 0.308. The van der Waals surface area contributed by atoms with Crippen molar-refractivity contribution in [3.8, 4) is 11.8 Å². The predicted octanol–water partition coefficient (Wildman–Crippen LogP) is 0.527. The lowest BCUT2D eigenvalue weighted by molar-refractivity contribution is -0.118. The van der Waals surface area contributed by atoms with Crippen molar-refractivity contribution in [3.05, 3.63) is 23.8 Å². The highest BCUT2D eigenvalue weighted by Crippen LogP contribution is 2.29. The van der Waals surface area contributed by atoms with Gasteiger partial charge in [-0.15, -0.1) is 0 Å². The summed E-state index contributed by atoms with van der Waals surface area (Å²) in [6.45, 7) is 1.14. The van der Waals surface area contributed by atoms with E-state index in [0.717, 1.165) is 0 Å². The second kappa shape index (κ2) is 5.54. The molecule has 0 fully saturated rings. The van der Waals surface area contributed by atoms with Gasteiger partial charge in [-0.2, -0.15) is 5.26 Å². The molecule has 1 atom stereocenters. The molecule has 1 heterocycles. The maximum absolute atomic E-state index is 12.2. The SMILES string of the molecule is CC(C(=O)c1ccc2c(c1)NC(=O)CO2)S(=O)(=O)CC#N. The number of ether oxygens (including phenoxy) is 1. The minimum absolute atomic E-state index is 0.104. The highest BCUT2D eigenvalue weighted by Gasteiger charge is 2.29. The van der Waals surface area contributed by atoms with E-state index in [9.17, 15) is 18.0 Å². The molecule has 1 unspecified atom stereocenters. The van der Waals surface area contributed by atoms with Crippen LogP contribution in [-0.4, -0.2) is 37.7 Å². The van der Waals surface area contributed by atoms with Gasteiger partial charge in [0.05, 0.1) is 11.8 Å². The van der Waals surface area contributed by atoms with E-state index in [0.29, 0.717) is 11.4 Å². The van der Waals surface area contributed by atoms with E-state index >= 15 is 0 Å². The van der Waals surface area contributed by atoms with Crippen LogP contribution in [0.4, 0.5) is 5.69 Å². The van der Waals surface area contributed by atoms with Gasteiger partial charge in [0, 0.05) is 5.56 Å². The second-order valence-corrected chi connectivity index (χ2v) is 6.84. The van der Waals surface area contributed by atoms with E-state index in [-0.39, 0.29) is 18.1 Å². The molecule has 7 nitrogen and oxygen atoms in total. The van der Waals surface area contributed by atoms with E-state index in [4.69, 9.17) is 10.00 Å². The fourth-order valence-electron chi connectivity index (χ4n) is 1.85. The first kappa shape index (κ1) is 15.0. The summed E-state index contributed by atoms with van der Waals surface area (Å²) in [6, 6.07) is 5.82. The van der Waals surface area contributed by atoms with Gasteiger partial charge in [-0.1, -0.05) is 0 Å². The number of hydrogen-bond donors (Lipinski definition) is 1. The van der Waals surface area contributed by atoms with Crippen molar-refractivity contribution < 1.29 is 22.7 Å². The van der Waals surface area contributed by atoms with Crippen molar-refractivity contribution in [1.82, 2.24) is 0 Å². The second-order valence-electron chi connectivity index (χ2n) is 4.52. The Kier molecular flexibility index (Phi) is 3.95. The number of anilines is 1. The van der Waals surface area contributed by atoms with Gasteiger partial charge in [-0.3, -0.25) is 9.59 Å². The number of carbonyl (C=O) groups excluding carboxylic acids is 2. The molecule has 2 rings (SSSR count). The van der Waals surface area contributed by atoms with Crippen LogP contribution in [0.15, 0.2) is 18.2 Å². The monoisotopic (exact) mass is 308 g/mol. The number of ketones is 1. The number of nitrogens with zero attached hydrogens (tertiary/aromatic N) is 1. The molecule has 0 saturated carbocycles. The summed E-state index contributed by atoms with van der Waals surface area (Å²) in [5.74, 6) is -1.28. The van der Waals surface area contributed by atoms with Crippen molar-refractivity contribution in [2.24, 2.45) is 0 Å². The topological polar surface area (TPSA) is 113 Å². The van der Waals surface area contributed by atoms with Gasteiger partial charge in [0.1, 0.15) is 16.8 Å². The summed E-state index contributed by atoms with van der Waals surface area (Å²) in [5.41, 5.74) is 0.454. The normalized spacial score (nSPS) is 15.1. The summed E-state index contributed by atoms with van der Waals surface area (Å²) < 4.78 is 28.6. The number of nitrogens with one attached hydrogen (secondary N) is 1. The molecular weight excluding hydrogens is 296 g/mol. The summed E-state index contributed by atoms with van der Waals surface area (Å²) in [5, 5.41) is 9.70. The third kappa shape index (κ3) is 3.03. The lowest BCUT2D eigenvalue weighted by atomic mass is 10.1. The minimum atomic E-state index is -3.82. The molecule has 21 heavy (non-hydrogen) atoms. The van der Waals surface area contributed by atoms with Crippen molar-refractivity contribution in [2.45, 2.75) is 12.2 Å². The molecule has 1 aliphatic heterocycles. The number of amides is 1. The Balaban J connectivity index is 2.31. The number of rotatable bonds is 4. The van der Waals surface area contributed by atoms with Crippen molar-refractivity contribution >= 4 is 27.2 Å². The number of fused-ring (bicyclic) bond motifs is 1. The molecule has 110 valence electrons. The lowest BCUT2D eigenvalue weighted by Crippen LogP contribution is -2.30. The third-order valence-electron chi connectivity index (χ3n) is 3.07. The zero-order valence-electron chi connectivity index (χ0n) is 11.1. The van der Waals surface area contributed by atoms with Crippen LogP contribution < -0.4 is 10.1 Å². The van der Waals surface area contributed by atoms with Crippen LogP contribution in [0, 0.1) is 11.3 Å². The molecule has 1 N–H and O–H groups in total. The molecule has 0 bridgehead atoms. The highest BCUT2D eigenvalue weighted by molar-refractivity contribution is 7.93. The molecule has 0 radical (unpaired) electrons. The van der Waals surface area contributed by atoms with E-state index in [1.807, 2.05) is 0 Å². The summed E-state index contributed by atoms with van der Waals surface area (Å²) >= 11 is 0. The quantitative estimate of drug-likeness (QED) is 0.811. The van der Waals surface area contributed by atoms with E-state index < -0.39 is 26.6 Å². The van der Waals surface area contributed by atoms with Crippen molar-refractivity contribution in [1.29, 1.82) is 5.26 Å². The number of nitriles is 1. The number of sulfone groups is 1. The first-order valence-electron chi connectivity index (χ1n) is 6.04. The molecular formula is C13H12N2O5S. The van der Waals surface area contributed by atoms with Crippen LogP contribution >= 0.6 is 0 Å². The molecule has 0 aliphatic carbocycles. The van der Waals surface area contributed by atoms with Gasteiger partial charge in [-0.05, 0) is 25.1 Å². The van der Waals surface area contributed by atoms with Crippen LogP contribution in [0.5, 0.6) is 5.75 Å². The van der Waals surface area contributed by atoms with Gasteiger partial charge in [0.25, 0.3) is 5.91 Å². The van der Waals surface area contributed by atoms with E-state index in [1.165, 1.54) is 31.2 Å². The van der Waals surface area contributed by atoms with Gasteiger partial charge in [0.15, 0.2) is 22.2 Å². The number of hydrogen-bond acceptors (Lipinski definition) is 6. The first-order valence-corrected chi connectivity index (χ1v) is 7.76. The third-order valence-corrected chi connectivity index (χ3v) is 4.89. The number of Topliss-reactive ketones (excluding diaryl/α,β-unsaturated/α-hetero) is 1. The Bertz CT molecular complexity index is 748. The Morgan fingerprint density at radius 3 is 2.90 bits per heavy atom. The maximum Gasteiger partial charge on any atom is 0.262 e. The van der Waals surface area contributed by atoms with Crippen LogP contribution in [0.2, 0.25) is 0 Å². The smallest absolute Gasteiger partial charge is 0.262 e. The maximum atomic E-state index is 12.2. The van der Waals surface area contributed by atoms with Crippen molar-refractivity contribution in [2.75, 3.05) is 17.7 Å². The predicted molar refractivity (Wildman–Crippen MR) is 73.8 cm³/mol. The summed E-state index contributed by atoms with van der Waals surface area (Å²) in [7, 11) is -3.82. The fourth-order valence-corrected chi connectivity index (χ4v) is 2.74. The molecule has 8 heteroatoms. The van der Waals surface area contributed by atoms with Gasteiger partial charge in [0.2, 0.25) is 0 Å². The largest absolute Gasteiger partial charge is 0.482 e. The van der Waals surface area contributed by atoms with E-state index in [1.54, 1.807) is 0 Å². The number of carbonyl (C=O) groups is 2. The first-order chi connectivity index (χ1) is 9.85. The van der Waals surface area contributed by atoms with Crippen LogP contribution in [0.3, 0.4) is 0 Å². The highest BCUT2D eigenvalue weighted by atomic mass is 32.2. The molecule has 0 aromatic heterocycles. The van der Waals surface area contributed by atoms with Gasteiger partial charge in [-0.25, -0.2) is 8.42 Å². The average Bonchev–Trinajstić information content (AvgIpc) is 2.44. The van der Waals surface area contributed by atoms with Crippen molar-refractivity contribution in [3.63, 3.8) is 0 Å². The Labute approximate surface area is 121 Å². The minimum Gasteiger partial charge on any atom is -0.482 e. The Hall–Kier alpha value is -2.40. The molecule has 1 amide bonds. The van der Waals surface area contributed by atoms with Crippen LogP contribution in [0.1, 0.15) is 17.3 Å². The molecule has 1 aromatic rings. The Morgan fingerprint density at radius 2 is 2.24 bits per heavy atom. The van der Waals surface area contributed by atoms with Gasteiger partial charge >= 0.3 is 0 Å². The van der Waals surface area contributed by atoms with Gasteiger partial charge < -0.3 is 10.1 Å².